The molecule has 0 amide bonds. The standard InChI is InChI=1S/C6H5N3O/c10-6-1-3-8-4-2-7-5-9(6)8/h1-5H. The van der Waals surface area contributed by atoms with Gasteiger partial charge in [0.25, 0.3) is 5.56 Å². The summed E-state index contributed by atoms with van der Waals surface area (Å²) in [4.78, 5) is 14.7. The monoisotopic (exact) mass is 135 g/mol. The van der Waals surface area contributed by atoms with Gasteiger partial charge in [0.15, 0.2) is 0 Å². The summed E-state index contributed by atoms with van der Waals surface area (Å²) < 4.78 is 3.08. The van der Waals surface area contributed by atoms with Crippen LogP contribution in [0.5, 0.6) is 0 Å². The predicted octanol–water partition coefficient (Wildman–Crippen LogP) is -0.206. The van der Waals surface area contributed by atoms with Gasteiger partial charge in [-0.05, 0) is 0 Å². The summed E-state index contributed by atoms with van der Waals surface area (Å²) in [6, 6.07) is 1.49. The van der Waals surface area contributed by atoms with Crippen LogP contribution in [0.25, 0.3) is 0 Å². The van der Waals surface area contributed by atoms with Crippen LogP contribution in [0.3, 0.4) is 0 Å². The number of rotatable bonds is 0. The summed E-state index contributed by atoms with van der Waals surface area (Å²) in [7, 11) is 0. The van der Waals surface area contributed by atoms with E-state index < -0.39 is 0 Å². The molecule has 0 fully saturated rings. The lowest BCUT2D eigenvalue weighted by molar-refractivity contribution is 0.762. The SMILES string of the molecule is O=c1ccn2ccncn12. The topological polar surface area (TPSA) is 38.8 Å². The number of aromatic nitrogens is 3. The average Bonchev–Trinajstić information content (AvgIpc) is 2.34. The predicted molar refractivity (Wildman–Crippen MR) is 34.9 cm³/mol. The van der Waals surface area contributed by atoms with Crippen LogP contribution in [0.1, 0.15) is 0 Å². The molecule has 2 aromatic heterocycles. The molecular formula is C6H5N3O. The van der Waals surface area contributed by atoms with E-state index in [1.165, 1.54) is 16.9 Å². The average molecular weight is 135 g/mol. The van der Waals surface area contributed by atoms with E-state index in [0.29, 0.717) is 0 Å². The Morgan fingerprint density at radius 1 is 1.40 bits per heavy atom. The van der Waals surface area contributed by atoms with Gasteiger partial charge in [-0.3, -0.25) is 9.31 Å². The molecule has 2 heterocycles. The zero-order valence-electron chi connectivity index (χ0n) is 5.14. The van der Waals surface area contributed by atoms with Crippen LogP contribution >= 0.6 is 0 Å². The molecule has 0 spiro atoms. The van der Waals surface area contributed by atoms with Crippen molar-refractivity contribution in [3.05, 3.63) is 41.3 Å². The normalized spacial score (nSPS) is 10.4. The van der Waals surface area contributed by atoms with Crippen molar-refractivity contribution in [2.24, 2.45) is 0 Å². The van der Waals surface area contributed by atoms with Crippen LogP contribution in [0.4, 0.5) is 0 Å². The Morgan fingerprint density at radius 2 is 2.30 bits per heavy atom. The second-order valence-corrected chi connectivity index (χ2v) is 1.94. The highest BCUT2D eigenvalue weighted by atomic mass is 16.1. The first-order chi connectivity index (χ1) is 4.88. The van der Waals surface area contributed by atoms with Crippen LogP contribution in [-0.2, 0) is 0 Å². The molecule has 0 aromatic carbocycles. The Kier molecular flexibility index (Phi) is 0.887. The molecule has 0 radical (unpaired) electrons. The summed E-state index contributed by atoms with van der Waals surface area (Å²) in [5, 5.41) is 0. The smallest absolute Gasteiger partial charge is 0.267 e. The van der Waals surface area contributed by atoms with Crippen LogP contribution in [0.2, 0.25) is 0 Å². The fourth-order valence-electron chi connectivity index (χ4n) is 0.849. The van der Waals surface area contributed by atoms with Gasteiger partial charge < -0.3 is 0 Å². The van der Waals surface area contributed by atoms with E-state index in [9.17, 15) is 4.79 Å². The molecule has 50 valence electrons. The van der Waals surface area contributed by atoms with Crippen LogP contribution in [0, 0.1) is 0 Å². The van der Waals surface area contributed by atoms with Crippen molar-refractivity contribution in [1.29, 1.82) is 0 Å². The highest BCUT2D eigenvalue weighted by Gasteiger charge is 1.90. The molecule has 4 heteroatoms. The minimum absolute atomic E-state index is 0.0619. The van der Waals surface area contributed by atoms with Gasteiger partial charge in [-0.25, -0.2) is 9.50 Å². The van der Waals surface area contributed by atoms with E-state index in [-0.39, 0.29) is 5.56 Å². The summed E-state index contributed by atoms with van der Waals surface area (Å²) in [5.41, 5.74) is -0.0619. The van der Waals surface area contributed by atoms with Crippen molar-refractivity contribution in [2.45, 2.75) is 0 Å². The van der Waals surface area contributed by atoms with Crippen molar-refractivity contribution < 1.29 is 0 Å². The highest BCUT2D eigenvalue weighted by Crippen LogP contribution is 1.80. The first kappa shape index (κ1) is 5.22. The molecule has 0 aliphatic rings. The number of hydrogen-bond donors (Lipinski definition) is 0. The Labute approximate surface area is 56.3 Å². The fourth-order valence-corrected chi connectivity index (χ4v) is 0.849. The minimum atomic E-state index is -0.0619. The van der Waals surface area contributed by atoms with Gasteiger partial charge in [0.05, 0.1) is 0 Å². The van der Waals surface area contributed by atoms with Gasteiger partial charge in [-0.1, -0.05) is 0 Å². The molecule has 0 bridgehead atoms. The highest BCUT2D eigenvalue weighted by molar-refractivity contribution is 4.87. The second kappa shape index (κ2) is 1.70. The molecule has 0 saturated carbocycles. The summed E-state index contributed by atoms with van der Waals surface area (Å²) in [6.45, 7) is 0. The minimum Gasteiger partial charge on any atom is -0.267 e. The number of nitrogens with zero attached hydrogens (tertiary/aromatic N) is 3. The van der Waals surface area contributed by atoms with Crippen molar-refractivity contribution >= 4 is 0 Å². The van der Waals surface area contributed by atoms with E-state index >= 15 is 0 Å². The zero-order chi connectivity index (χ0) is 6.97. The number of hydrogen-bond acceptors (Lipinski definition) is 2. The van der Waals surface area contributed by atoms with Crippen molar-refractivity contribution in [3.8, 4) is 0 Å². The van der Waals surface area contributed by atoms with Gasteiger partial charge >= 0.3 is 0 Å². The third-order valence-corrected chi connectivity index (χ3v) is 1.33. The largest absolute Gasteiger partial charge is 0.272 e. The Bertz CT molecular complexity index is 400. The Hall–Kier alpha value is -1.58. The third-order valence-electron chi connectivity index (χ3n) is 1.33. The summed E-state index contributed by atoms with van der Waals surface area (Å²) in [6.07, 6.45) is 6.49. The van der Waals surface area contributed by atoms with Gasteiger partial charge in [0, 0.05) is 24.7 Å². The molecule has 4 nitrogen and oxygen atoms in total. The molecule has 0 unspecified atom stereocenters. The molecular weight excluding hydrogens is 130 g/mol. The molecule has 0 aliphatic carbocycles. The van der Waals surface area contributed by atoms with E-state index in [0.717, 1.165) is 0 Å². The molecule has 2 rings (SSSR count). The Balaban J connectivity index is 3.07. The molecule has 10 heavy (non-hydrogen) atoms. The van der Waals surface area contributed by atoms with Crippen LogP contribution < -0.4 is 5.56 Å². The first-order valence-electron chi connectivity index (χ1n) is 2.87. The summed E-state index contributed by atoms with van der Waals surface area (Å²) in [5.74, 6) is 0. The maximum atomic E-state index is 10.9. The quantitative estimate of drug-likeness (QED) is 0.501. The molecule has 0 atom stereocenters. The third kappa shape index (κ3) is 0.556. The fraction of sp³-hybridized carbons (Fsp3) is 0. The van der Waals surface area contributed by atoms with Crippen molar-refractivity contribution in [2.75, 3.05) is 0 Å². The van der Waals surface area contributed by atoms with Gasteiger partial charge in [-0.15, -0.1) is 0 Å². The molecule has 0 N–H and O–H groups in total. The lowest BCUT2D eigenvalue weighted by Gasteiger charge is -1.90. The van der Waals surface area contributed by atoms with Crippen LogP contribution in [-0.4, -0.2) is 14.0 Å². The van der Waals surface area contributed by atoms with E-state index in [1.807, 2.05) is 0 Å². The second-order valence-electron chi connectivity index (χ2n) is 1.94. The van der Waals surface area contributed by atoms with Gasteiger partial charge in [0.2, 0.25) is 0 Å². The molecule has 2 aromatic rings. The van der Waals surface area contributed by atoms with Gasteiger partial charge in [0.1, 0.15) is 6.33 Å². The van der Waals surface area contributed by atoms with E-state index in [2.05, 4.69) is 4.98 Å². The van der Waals surface area contributed by atoms with E-state index in [4.69, 9.17) is 0 Å². The van der Waals surface area contributed by atoms with Crippen molar-refractivity contribution in [3.63, 3.8) is 0 Å². The number of fused-ring (bicyclic) bond motifs is 1. The Morgan fingerprint density at radius 3 is 3.10 bits per heavy atom. The first-order valence-corrected chi connectivity index (χ1v) is 2.87. The lowest BCUT2D eigenvalue weighted by Crippen LogP contribution is -2.10. The van der Waals surface area contributed by atoms with Crippen LogP contribution in [0.15, 0.2) is 35.8 Å². The maximum Gasteiger partial charge on any atom is 0.272 e. The molecule has 0 aliphatic heterocycles. The van der Waals surface area contributed by atoms with Crippen molar-refractivity contribution in [1.82, 2.24) is 14.0 Å². The summed E-state index contributed by atoms with van der Waals surface area (Å²) >= 11 is 0. The zero-order valence-corrected chi connectivity index (χ0v) is 5.14. The van der Waals surface area contributed by atoms with Gasteiger partial charge in [-0.2, -0.15) is 0 Å². The lowest BCUT2D eigenvalue weighted by atomic mass is 10.7. The maximum absolute atomic E-state index is 10.9. The van der Waals surface area contributed by atoms with E-state index in [1.54, 1.807) is 23.1 Å². The molecule has 0 saturated heterocycles.